The Labute approximate surface area is 138 Å². The van der Waals surface area contributed by atoms with E-state index in [1.165, 1.54) is 0 Å². The summed E-state index contributed by atoms with van der Waals surface area (Å²) in [6, 6.07) is 18.0. The van der Waals surface area contributed by atoms with E-state index in [1.54, 1.807) is 11.8 Å². The quantitative estimate of drug-likeness (QED) is 0.772. The minimum atomic E-state index is -0.120. The first-order valence-corrected chi connectivity index (χ1v) is 8.51. The van der Waals surface area contributed by atoms with Crippen LogP contribution in [-0.4, -0.2) is 11.2 Å². The largest absolute Gasteiger partial charge is 0.349 e. The Morgan fingerprint density at radius 2 is 1.67 bits per heavy atom. The van der Waals surface area contributed by atoms with E-state index in [0.29, 0.717) is 0 Å². The minimum Gasteiger partial charge on any atom is -0.349 e. The molecule has 2 unspecified atom stereocenters. The van der Waals surface area contributed by atoms with Crippen molar-refractivity contribution in [2.24, 2.45) is 0 Å². The Bertz CT molecular complexity index is 585. The molecule has 2 nitrogen and oxygen atoms in total. The molecule has 0 saturated heterocycles. The van der Waals surface area contributed by atoms with Gasteiger partial charge in [0.15, 0.2) is 0 Å². The van der Waals surface area contributed by atoms with Gasteiger partial charge < -0.3 is 5.32 Å². The van der Waals surface area contributed by atoms with Gasteiger partial charge in [-0.3, -0.25) is 4.79 Å². The number of carbonyl (C=O) groups excluding carboxylic acids is 1. The maximum atomic E-state index is 12.3. The predicted molar refractivity (Wildman–Crippen MR) is 92.5 cm³/mol. The summed E-state index contributed by atoms with van der Waals surface area (Å²) in [4.78, 5) is 13.4. The number of amides is 1. The molecule has 21 heavy (non-hydrogen) atoms. The zero-order chi connectivity index (χ0) is 15.2. The number of carbonyl (C=O) groups is 1. The molecule has 0 aromatic heterocycles. The van der Waals surface area contributed by atoms with Crippen LogP contribution in [0.4, 0.5) is 0 Å². The van der Waals surface area contributed by atoms with Gasteiger partial charge >= 0.3 is 0 Å². The summed E-state index contributed by atoms with van der Waals surface area (Å²) in [7, 11) is 0. The number of benzene rings is 2. The average Bonchev–Trinajstić information content (AvgIpc) is 2.48. The molecular formula is C17H18BrNOS. The van der Waals surface area contributed by atoms with Gasteiger partial charge in [-0.2, -0.15) is 0 Å². The standard InChI is InChI=1S/C17H18BrNOS/c1-12(14-8-10-15(18)11-9-14)19-17(20)13(2)21-16-6-4-3-5-7-16/h3-13H,1-2H3,(H,19,20). The molecule has 0 aliphatic rings. The summed E-state index contributed by atoms with van der Waals surface area (Å²) >= 11 is 4.99. The van der Waals surface area contributed by atoms with Gasteiger partial charge in [0, 0.05) is 9.37 Å². The summed E-state index contributed by atoms with van der Waals surface area (Å²) in [5, 5.41) is 2.94. The van der Waals surface area contributed by atoms with Crippen molar-refractivity contribution in [2.45, 2.75) is 30.0 Å². The molecule has 0 radical (unpaired) electrons. The number of nitrogens with one attached hydrogen (secondary N) is 1. The lowest BCUT2D eigenvalue weighted by molar-refractivity contribution is -0.120. The third-order valence-electron chi connectivity index (χ3n) is 3.15. The molecular weight excluding hydrogens is 346 g/mol. The molecule has 2 aromatic carbocycles. The molecule has 0 saturated carbocycles. The predicted octanol–water partition coefficient (Wildman–Crippen LogP) is 4.81. The average molecular weight is 364 g/mol. The van der Waals surface area contributed by atoms with E-state index in [9.17, 15) is 4.79 Å². The number of rotatable bonds is 5. The maximum absolute atomic E-state index is 12.3. The third-order valence-corrected chi connectivity index (χ3v) is 4.79. The van der Waals surface area contributed by atoms with Crippen LogP contribution in [0.25, 0.3) is 0 Å². The first-order chi connectivity index (χ1) is 10.1. The van der Waals surface area contributed by atoms with Gasteiger partial charge in [0.05, 0.1) is 11.3 Å². The molecule has 2 rings (SSSR count). The van der Waals surface area contributed by atoms with Gasteiger partial charge in [-0.05, 0) is 43.7 Å². The summed E-state index contributed by atoms with van der Waals surface area (Å²) in [6.07, 6.45) is 0. The van der Waals surface area contributed by atoms with Crippen molar-refractivity contribution in [3.8, 4) is 0 Å². The second kappa shape index (κ2) is 7.66. The van der Waals surface area contributed by atoms with Gasteiger partial charge in [-0.1, -0.05) is 46.3 Å². The van der Waals surface area contributed by atoms with Crippen LogP contribution in [0.1, 0.15) is 25.5 Å². The highest BCUT2D eigenvalue weighted by atomic mass is 79.9. The number of hydrogen-bond acceptors (Lipinski definition) is 2. The van der Waals surface area contributed by atoms with E-state index < -0.39 is 0 Å². The molecule has 0 aliphatic heterocycles. The highest BCUT2D eigenvalue weighted by molar-refractivity contribution is 9.10. The lowest BCUT2D eigenvalue weighted by Gasteiger charge is -2.18. The fourth-order valence-electron chi connectivity index (χ4n) is 1.92. The van der Waals surface area contributed by atoms with Crippen LogP contribution >= 0.6 is 27.7 Å². The lowest BCUT2D eigenvalue weighted by Crippen LogP contribution is -2.33. The first kappa shape index (κ1) is 16.1. The zero-order valence-corrected chi connectivity index (χ0v) is 14.4. The molecule has 1 amide bonds. The molecule has 0 fully saturated rings. The Balaban J connectivity index is 1.92. The molecule has 2 aromatic rings. The molecule has 0 aliphatic carbocycles. The van der Waals surface area contributed by atoms with Crippen LogP contribution in [0.3, 0.4) is 0 Å². The van der Waals surface area contributed by atoms with Crippen molar-refractivity contribution < 1.29 is 4.79 Å². The van der Waals surface area contributed by atoms with E-state index >= 15 is 0 Å². The molecule has 0 heterocycles. The van der Waals surface area contributed by atoms with Crippen molar-refractivity contribution in [1.82, 2.24) is 5.32 Å². The Morgan fingerprint density at radius 1 is 1.05 bits per heavy atom. The highest BCUT2D eigenvalue weighted by Gasteiger charge is 2.17. The molecule has 110 valence electrons. The highest BCUT2D eigenvalue weighted by Crippen LogP contribution is 2.24. The fourth-order valence-corrected chi connectivity index (χ4v) is 3.08. The van der Waals surface area contributed by atoms with Crippen molar-refractivity contribution in [3.05, 3.63) is 64.6 Å². The second-order valence-corrected chi connectivity index (χ2v) is 7.18. The molecule has 2 atom stereocenters. The molecule has 4 heteroatoms. The minimum absolute atomic E-state index is 0.00410. The van der Waals surface area contributed by atoms with Gasteiger partial charge in [0.2, 0.25) is 5.91 Å². The Hall–Kier alpha value is -1.26. The van der Waals surface area contributed by atoms with Crippen molar-refractivity contribution in [1.29, 1.82) is 0 Å². The second-order valence-electron chi connectivity index (χ2n) is 4.85. The van der Waals surface area contributed by atoms with Crippen LogP contribution in [-0.2, 0) is 4.79 Å². The van der Waals surface area contributed by atoms with Crippen LogP contribution in [0, 0.1) is 0 Å². The number of thioether (sulfide) groups is 1. The zero-order valence-electron chi connectivity index (χ0n) is 12.0. The Kier molecular flexibility index (Phi) is 5.88. The summed E-state index contributed by atoms with van der Waals surface area (Å²) in [6.45, 7) is 3.93. The summed E-state index contributed by atoms with van der Waals surface area (Å²) in [5.74, 6) is 0.0549. The van der Waals surface area contributed by atoms with Crippen LogP contribution in [0.2, 0.25) is 0 Å². The van der Waals surface area contributed by atoms with Gasteiger partial charge in [0.25, 0.3) is 0 Å². The Morgan fingerprint density at radius 3 is 2.29 bits per heavy atom. The number of hydrogen-bond donors (Lipinski definition) is 1. The maximum Gasteiger partial charge on any atom is 0.233 e. The first-order valence-electron chi connectivity index (χ1n) is 6.84. The molecule has 0 bridgehead atoms. The van der Waals surface area contributed by atoms with Crippen LogP contribution in [0.5, 0.6) is 0 Å². The number of halogens is 1. The van der Waals surface area contributed by atoms with Crippen LogP contribution < -0.4 is 5.32 Å². The van der Waals surface area contributed by atoms with E-state index in [0.717, 1.165) is 14.9 Å². The van der Waals surface area contributed by atoms with Crippen molar-refractivity contribution in [2.75, 3.05) is 0 Å². The topological polar surface area (TPSA) is 29.1 Å². The van der Waals surface area contributed by atoms with E-state index in [1.807, 2.05) is 68.4 Å². The smallest absolute Gasteiger partial charge is 0.233 e. The summed E-state index contributed by atoms with van der Waals surface area (Å²) < 4.78 is 1.04. The van der Waals surface area contributed by atoms with Crippen molar-refractivity contribution in [3.63, 3.8) is 0 Å². The molecule has 0 spiro atoms. The third kappa shape index (κ3) is 4.90. The summed E-state index contributed by atoms with van der Waals surface area (Å²) in [5.41, 5.74) is 1.10. The SMILES string of the molecule is CC(Sc1ccccc1)C(=O)NC(C)c1ccc(Br)cc1. The van der Waals surface area contributed by atoms with E-state index in [2.05, 4.69) is 21.2 Å². The molecule has 1 N–H and O–H groups in total. The van der Waals surface area contributed by atoms with E-state index in [4.69, 9.17) is 0 Å². The van der Waals surface area contributed by atoms with Gasteiger partial charge in [-0.15, -0.1) is 11.8 Å². The normalized spacial score (nSPS) is 13.5. The van der Waals surface area contributed by atoms with Crippen LogP contribution in [0.15, 0.2) is 64.0 Å². The monoisotopic (exact) mass is 363 g/mol. The van der Waals surface area contributed by atoms with Gasteiger partial charge in [0.1, 0.15) is 0 Å². The van der Waals surface area contributed by atoms with Gasteiger partial charge in [-0.25, -0.2) is 0 Å². The lowest BCUT2D eigenvalue weighted by atomic mass is 10.1. The fraction of sp³-hybridized carbons (Fsp3) is 0.235. The van der Waals surface area contributed by atoms with Crippen molar-refractivity contribution >= 4 is 33.6 Å². The van der Waals surface area contributed by atoms with E-state index in [-0.39, 0.29) is 17.2 Å².